The summed E-state index contributed by atoms with van der Waals surface area (Å²) in [5.41, 5.74) is 0.699. The Morgan fingerprint density at radius 1 is 1.15 bits per heavy atom. The van der Waals surface area contributed by atoms with E-state index in [4.69, 9.17) is 16.3 Å². The molecule has 0 spiro atoms. The first-order chi connectivity index (χ1) is 12.5. The highest BCUT2D eigenvalue weighted by molar-refractivity contribution is 6.31. The molecule has 3 saturated heterocycles. The summed E-state index contributed by atoms with van der Waals surface area (Å²) in [5.74, 6) is -1.30. The maximum atomic E-state index is 13.2. The summed E-state index contributed by atoms with van der Waals surface area (Å²) >= 11 is 6.05. The van der Waals surface area contributed by atoms with Crippen LogP contribution in [0.1, 0.15) is 18.4 Å². The van der Waals surface area contributed by atoms with Crippen molar-refractivity contribution in [1.29, 1.82) is 0 Å². The van der Waals surface area contributed by atoms with Crippen LogP contribution in [0.2, 0.25) is 5.02 Å². The quantitative estimate of drug-likeness (QED) is 0.773. The summed E-state index contributed by atoms with van der Waals surface area (Å²) < 4.78 is 20.5. The second-order valence-corrected chi connectivity index (χ2v) is 7.37. The number of anilines is 1. The number of ether oxygens (including phenoxy) is 1. The molecule has 2 amide bonds. The summed E-state index contributed by atoms with van der Waals surface area (Å²) in [4.78, 5) is 26.7. The number of benzene rings is 1. The number of aromatic nitrogens is 2. The van der Waals surface area contributed by atoms with Gasteiger partial charge in [-0.2, -0.15) is 5.10 Å². The fourth-order valence-corrected chi connectivity index (χ4v) is 4.55. The maximum Gasteiger partial charge on any atom is 0.241 e. The summed E-state index contributed by atoms with van der Waals surface area (Å²) in [6.45, 7) is 0.316. The van der Waals surface area contributed by atoms with Crippen LogP contribution in [0.4, 0.5) is 10.2 Å². The standard InChI is InChI=1S/C18H15ClFN3O3/c19-11-7-10(20)2-1-9(11)8-22-6-5-14(21-22)23-17(24)15-12-3-4-13(26-12)16(15)18(23)25/h1-2,5-7,12-13,15-16H,3-4,8H2/t12-,13-,15+,16+/m1/s1. The minimum atomic E-state index is -0.406. The predicted octanol–water partition coefficient (Wildman–Crippen LogP) is 2.39. The van der Waals surface area contributed by atoms with E-state index in [1.807, 2.05) is 0 Å². The zero-order valence-electron chi connectivity index (χ0n) is 13.6. The zero-order valence-corrected chi connectivity index (χ0v) is 14.4. The highest BCUT2D eigenvalue weighted by Crippen LogP contribution is 2.49. The Morgan fingerprint density at radius 2 is 1.85 bits per heavy atom. The smallest absolute Gasteiger partial charge is 0.241 e. The highest BCUT2D eigenvalue weighted by Gasteiger charge is 2.63. The predicted molar refractivity (Wildman–Crippen MR) is 90.1 cm³/mol. The minimum absolute atomic E-state index is 0.147. The number of hydrogen-bond acceptors (Lipinski definition) is 4. The van der Waals surface area contributed by atoms with Crippen molar-refractivity contribution < 1.29 is 18.7 Å². The molecule has 2 bridgehead atoms. The van der Waals surface area contributed by atoms with Crippen LogP contribution in [-0.4, -0.2) is 33.8 Å². The Balaban J connectivity index is 1.40. The van der Waals surface area contributed by atoms with Gasteiger partial charge in [0.05, 0.1) is 30.6 Å². The van der Waals surface area contributed by atoms with Gasteiger partial charge in [-0.3, -0.25) is 14.3 Å². The molecule has 3 fully saturated rings. The number of carbonyl (C=O) groups is 2. The van der Waals surface area contributed by atoms with Crippen molar-refractivity contribution in [3.8, 4) is 0 Å². The number of rotatable bonds is 3. The lowest BCUT2D eigenvalue weighted by Crippen LogP contribution is -2.34. The summed E-state index contributed by atoms with van der Waals surface area (Å²) in [5, 5.41) is 4.66. The van der Waals surface area contributed by atoms with Gasteiger partial charge in [-0.1, -0.05) is 17.7 Å². The normalized spacial score (nSPS) is 29.7. The lowest BCUT2D eigenvalue weighted by atomic mass is 9.81. The van der Waals surface area contributed by atoms with Gasteiger partial charge in [-0.05, 0) is 30.5 Å². The highest BCUT2D eigenvalue weighted by atomic mass is 35.5. The van der Waals surface area contributed by atoms with E-state index in [0.717, 1.165) is 12.8 Å². The SMILES string of the molecule is O=C1[C@@H]2[C@@H](C(=O)N1c1ccn(Cc3ccc(F)cc3Cl)n1)[C@H]1CC[C@H]2O1. The molecule has 4 heterocycles. The fourth-order valence-electron chi connectivity index (χ4n) is 4.32. The Bertz CT molecular complexity index is 902. The van der Waals surface area contributed by atoms with Crippen molar-refractivity contribution in [2.45, 2.75) is 31.6 Å². The molecule has 6 nitrogen and oxygen atoms in total. The summed E-state index contributed by atoms with van der Waals surface area (Å²) in [6.07, 6.45) is 3.04. The van der Waals surface area contributed by atoms with Gasteiger partial charge in [-0.25, -0.2) is 9.29 Å². The van der Waals surface area contributed by atoms with Gasteiger partial charge in [0.25, 0.3) is 0 Å². The van der Waals surface area contributed by atoms with E-state index in [2.05, 4.69) is 5.10 Å². The molecule has 5 rings (SSSR count). The van der Waals surface area contributed by atoms with Gasteiger partial charge in [0.2, 0.25) is 11.8 Å². The average Bonchev–Trinajstić information content (AvgIpc) is 3.35. The molecule has 3 aliphatic heterocycles. The number of imide groups is 1. The molecule has 1 aromatic carbocycles. The van der Waals surface area contributed by atoms with Gasteiger partial charge in [0, 0.05) is 17.3 Å². The number of carbonyl (C=O) groups excluding carboxylic acids is 2. The van der Waals surface area contributed by atoms with Gasteiger partial charge < -0.3 is 4.74 Å². The Labute approximate surface area is 153 Å². The first-order valence-electron chi connectivity index (χ1n) is 8.53. The number of hydrogen-bond donors (Lipinski definition) is 0. The lowest BCUT2D eigenvalue weighted by Gasteiger charge is -2.15. The molecule has 134 valence electrons. The Morgan fingerprint density at radius 3 is 2.50 bits per heavy atom. The molecule has 0 N–H and O–H groups in total. The number of fused-ring (bicyclic) bond motifs is 5. The molecule has 8 heteroatoms. The van der Waals surface area contributed by atoms with E-state index in [-0.39, 0.29) is 35.9 Å². The van der Waals surface area contributed by atoms with Crippen LogP contribution in [0.25, 0.3) is 0 Å². The van der Waals surface area contributed by atoms with Crippen LogP contribution in [0.5, 0.6) is 0 Å². The molecule has 2 aromatic rings. The molecule has 0 aliphatic carbocycles. The topological polar surface area (TPSA) is 64.4 Å². The monoisotopic (exact) mass is 375 g/mol. The third-order valence-corrected chi connectivity index (χ3v) is 5.84. The van der Waals surface area contributed by atoms with E-state index in [9.17, 15) is 14.0 Å². The van der Waals surface area contributed by atoms with Crippen LogP contribution >= 0.6 is 11.6 Å². The average molecular weight is 376 g/mol. The molecule has 0 unspecified atom stereocenters. The molecular weight excluding hydrogens is 361 g/mol. The molecule has 26 heavy (non-hydrogen) atoms. The van der Waals surface area contributed by atoms with E-state index in [0.29, 0.717) is 22.9 Å². The summed E-state index contributed by atoms with van der Waals surface area (Å²) in [7, 11) is 0. The maximum absolute atomic E-state index is 13.2. The molecule has 4 atom stereocenters. The lowest BCUT2D eigenvalue weighted by molar-refractivity contribution is -0.124. The first-order valence-corrected chi connectivity index (χ1v) is 8.91. The van der Waals surface area contributed by atoms with Gasteiger partial charge in [0.1, 0.15) is 5.82 Å². The van der Waals surface area contributed by atoms with Crippen molar-refractivity contribution in [2.24, 2.45) is 11.8 Å². The minimum Gasteiger partial charge on any atom is -0.373 e. The third kappa shape index (κ3) is 2.23. The molecule has 1 aromatic heterocycles. The van der Waals surface area contributed by atoms with Crippen molar-refractivity contribution in [3.05, 3.63) is 46.9 Å². The Hall–Kier alpha value is -2.25. The van der Waals surface area contributed by atoms with Gasteiger partial charge in [0.15, 0.2) is 5.82 Å². The van der Waals surface area contributed by atoms with Crippen LogP contribution in [0, 0.1) is 17.7 Å². The van der Waals surface area contributed by atoms with Crippen molar-refractivity contribution in [3.63, 3.8) is 0 Å². The van der Waals surface area contributed by atoms with E-state index >= 15 is 0 Å². The van der Waals surface area contributed by atoms with E-state index in [1.54, 1.807) is 23.0 Å². The van der Waals surface area contributed by atoms with Crippen LogP contribution in [0.3, 0.4) is 0 Å². The van der Waals surface area contributed by atoms with Crippen LogP contribution in [-0.2, 0) is 20.9 Å². The molecule has 0 saturated carbocycles. The van der Waals surface area contributed by atoms with Crippen molar-refractivity contribution in [1.82, 2.24) is 9.78 Å². The molecular formula is C18H15ClFN3O3. The van der Waals surface area contributed by atoms with Gasteiger partial charge >= 0.3 is 0 Å². The first kappa shape index (κ1) is 16.0. The van der Waals surface area contributed by atoms with Gasteiger partial charge in [-0.15, -0.1) is 0 Å². The van der Waals surface area contributed by atoms with Crippen LogP contribution < -0.4 is 4.90 Å². The van der Waals surface area contributed by atoms with E-state index in [1.165, 1.54) is 17.0 Å². The van der Waals surface area contributed by atoms with E-state index < -0.39 is 5.82 Å². The largest absolute Gasteiger partial charge is 0.373 e. The Kier molecular flexibility index (Phi) is 3.45. The second-order valence-electron chi connectivity index (χ2n) is 6.96. The molecule has 0 radical (unpaired) electrons. The van der Waals surface area contributed by atoms with Crippen molar-refractivity contribution >= 4 is 29.2 Å². The second kappa shape index (κ2) is 5.62. The molecule has 3 aliphatic rings. The number of amides is 2. The van der Waals surface area contributed by atoms with Crippen molar-refractivity contribution in [2.75, 3.05) is 4.90 Å². The number of halogens is 2. The third-order valence-electron chi connectivity index (χ3n) is 5.49. The summed E-state index contributed by atoms with van der Waals surface area (Å²) in [6, 6.07) is 5.80. The fraction of sp³-hybridized carbons (Fsp3) is 0.389. The van der Waals surface area contributed by atoms with Crippen LogP contribution in [0.15, 0.2) is 30.5 Å². The zero-order chi connectivity index (χ0) is 18.0. The number of nitrogens with zero attached hydrogens (tertiary/aromatic N) is 3.